The number of alkyl halides is 1. The summed E-state index contributed by atoms with van der Waals surface area (Å²) < 4.78 is 43.3. The predicted octanol–water partition coefficient (Wildman–Crippen LogP) is 3.26. The fraction of sp³-hybridized carbons (Fsp3) is 0.548. The van der Waals surface area contributed by atoms with Gasteiger partial charge in [-0.25, -0.2) is 13.8 Å². The van der Waals surface area contributed by atoms with E-state index in [-0.39, 0.29) is 34.9 Å². The van der Waals surface area contributed by atoms with Gasteiger partial charge in [-0.1, -0.05) is 11.3 Å². The molecule has 14 heteroatoms. The summed E-state index contributed by atoms with van der Waals surface area (Å²) in [6.07, 6.45) is 3.57. The van der Waals surface area contributed by atoms with Gasteiger partial charge in [0.25, 0.3) is 5.56 Å². The van der Waals surface area contributed by atoms with E-state index in [0.29, 0.717) is 89.5 Å². The van der Waals surface area contributed by atoms with E-state index in [4.69, 9.17) is 25.2 Å². The van der Waals surface area contributed by atoms with Crippen molar-refractivity contribution in [2.45, 2.75) is 61.9 Å². The maximum absolute atomic E-state index is 14.8. The van der Waals surface area contributed by atoms with Crippen molar-refractivity contribution in [3.05, 3.63) is 34.4 Å². The molecule has 8 heterocycles. The average molecular weight is 637 g/mol. The molecule has 1 aromatic carbocycles. The first-order valence-electron chi connectivity index (χ1n) is 15.8. The van der Waals surface area contributed by atoms with Crippen molar-refractivity contribution in [3.63, 3.8) is 0 Å². The van der Waals surface area contributed by atoms with E-state index in [2.05, 4.69) is 20.1 Å². The molecule has 2 unspecified atom stereocenters. The highest BCUT2D eigenvalue weighted by Gasteiger charge is 2.49. The molecule has 11 nitrogen and oxygen atoms in total. The molecule has 0 saturated carbocycles. The minimum Gasteiger partial charge on any atom is -0.461 e. The van der Waals surface area contributed by atoms with Gasteiger partial charge in [0.1, 0.15) is 29.8 Å². The fourth-order valence-electron chi connectivity index (χ4n) is 8.24. The zero-order valence-corrected chi connectivity index (χ0v) is 25.5. The van der Waals surface area contributed by atoms with Gasteiger partial charge in [0.15, 0.2) is 5.13 Å². The lowest BCUT2D eigenvalue weighted by atomic mass is 9.95. The molecule has 5 aliphatic heterocycles. The number of piperazine rings is 1. The monoisotopic (exact) mass is 636 g/mol. The summed E-state index contributed by atoms with van der Waals surface area (Å²) in [5, 5.41) is 4.32. The number of halogens is 2. The normalized spacial score (nSPS) is 28.3. The lowest BCUT2D eigenvalue weighted by Gasteiger charge is -2.35. The SMILES string of the molecule is Nc1nc2c(-c3cc4nc(OC[C@@]56CCCN5C[C@H](F)C6)nc(N5CC6CCC(C5)N6)c4c(=O)n3C3COC3)ccc(F)c2s1. The van der Waals surface area contributed by atoms with E-state index < -0.39 is 12.0 Å². The van der Waals surface area contributed by atoms with Crippen LogP contribution in [0.1, 0.15) is 38.1 Å². The molecule has 0 spiro atoms. The minimum absolute atomic E-state index is 0.171. The Balaban J connectivity index is 1.22. The van der Waals surface area contributed by atoms with Crippen molar-refractivity contribution in [2.24, 2.45) is 0 Å². The van der Waals surface area contributed by atoms with E-state index in [1.54, 1.807) is 10.6 Å². The Kier molecular flexibility index (Phi) is 6.35. The number of ether oxygens (including phenoxy) is 2. The lowest BCUT2D eigenvalue weighted by Crippen LogP contribution is -2.51. The van der Waals surface area contributed by atoms with Gasteiger partial charge in [0, 0.05) is 43.7 Å². The van der Waals surface area contributed by atoms with Crippen LogP contribution < -0.4 is 26.2 Å². The van der Waals surface area contributed by atoms with E-state index in [0.717, 1.165) is 43.6 Å². The average Bonchev–Trinajstić information content (AvgIpc) is 3.74. The smallest absolute Gasteiger partial charge is 0.319 e. The number of nitrogen functional groups attached to an aromatic ring is 1. The first kappa shape index (κ1) is 27.8. The van der Waals surface area contributed by atoms with Crippen LogP contribution in [0.3, 0.4) is 0 Å². The number of rotatable bonds is 6. The van der Waals surface area contributed by atoms with Gasteiger partial charge in [-0.2, -0.15) is 9.97 Å². The van der Waals surface area contributed by atoms with Gasteiger partial charge < -0.3 is 25.4 Å². The van der Waals surface area contributed by atoms with Crippen LogP contribution in [0, 0.1) is 5.82 Å². The van der Waals surface area contributed by atoms with Crippen molar-refractivity contribution in [2.75, 3.05) is 56.6 Å². The molecular formula is C31H34F2N8O3S. The number of nitrogens with zero attached hydrogens (tertiary/aromatic N) is 6. The second kappa shape index (κ2) is 10.3. The van der Waals surface area contributed by atoms with E-state index in [9.17, 15) is 13.6 Å². The minimum atomic E-state index is -0.873. The first-order valence-corrected chi connectivity index (χ1v) is 16.6. The number of benzene rings is 1. The molecule has 4 aromatic rings. The van der Waals surface area contributed by atoms with Crippen LogP contribution in [-0.2, 0) is 4.74 Å². The molecule has 0 radical (unpaired) electrons. The Morgan fingerprint density at radius 2 is 1.98 bits per heavy atom. The Hall–Kier alpha value is -3.46. The molecule has 9 rings (SSSR count). The molecular weight excluding hydrogens is 602 g/mol. The van der Waals surface area contributed by atoms with Crippen LogP contribution >= 0.6 is 11.3 Å². The van der Waals surface area contributed by atoms with Crippen LogP contribution in [0.15, 0.2) is 23.0 Å². The Bertz CT molecular complexity index is 1890. The van der Waals surface area contributed by atoms with Crippen molar-refractivity contribution in [1.29, 1.82) is 0 Å². The van der Waals surface area contributed by atoms with Crippen LogP contribution in [0.5, 0.6) is 6.01 Å². The number of nitrogens with two attached hydrogens (primary N) is 1. The first-order chi connectivity index (χ1) is 21.8. The number of nitrogens with one attached hydrogen (secondary N) is 1. The second-order valence-electron chi connectivity index (χ2n) is 13.2. The third-order valence-corrected chi connectivity index (χ3v) is 11.3. The molecule has 4 atom stereocenters. The second-order valence-corrected chi connectivity index (χ2v) is 14.2. The van der Waals surface area contributed by atoms with Crippen molar-refractivity contribution >= 4 is 43.4 Å². The number of fused-ring (bicyclic) bond motifs is 5. The number of pyridine rings is 1. The maximum atomic E-state index is 14.8. The lowest BCUT2D eigenvalue weighted by molar-refractivity contribution is -0.0238. The fourth-order valence-corrected chi connectivity index (χ4v) is 9.00. The zero-order valence-electron chi connectivity index (χ0n) is 24.7. The summed E-state index contributed by atoms with van der Waals surface area (Å²) in [5.41, 5.74) is 7.41. The van der Waals surface area contributed by atoms with Crippen LogP contribution in [-0.4, -0.2) is 94.2 Å². The molecule has 0 amide bonds. The highest BCUT2D eigenvalue weighted by atomic mass is 32.1. The number of thiazole rings is 1. The number of hydrogen-bond acceptors (Lipinski definition) is 11. The molecule has 5 aliphatic rings. The molecule has 3 aromatic heterocycles. The Morgan fingerprint density at radius 3 is 2.76 bits per heavy atom. The van der Waals surface area contributed by atoms with Gasteiger partial charge in [0.05, 0.1) is 46.2 Å². The molecule has 236 valence electrons. The summed E-state index contributed by atoms with van der Waals surface area (Å²) in [6, 6.07) is 5.47. The van der Waals surface area contributed by atoms with E-state index >= 15 is 0 Å². The van der Waals surface area contributed by atoms with Crippen molar-refractivity contribution in [1.82, 2.24) is 29.7 Å². The van der Waals surface area contributed by atoms with Gasteiger partial charge in [-0.15, -0.1) is 0 Å². The predicted molar refractivity (Wildman–Crippen MR) is 167 cm³/mol. The molecule has 0 aliphatic carbocycles. The largest absolute Gasteiger partial charge is 0.461 e. The van der Waals surface area contributed by atoms with Crippen LogP contribution in [0.2, 0.25) is 0 Å². The van der Waals surface area contributed by atoms with Crippen LogP contribution in [0.4, 0.5) is 19.7 Å². The molecule has 45 heavy (non-hydrogen) atoms. The third-order valence-electron chi connectivity index (χ3n) is 10.4. The highest BCUT2D eigenvalue weighted by Crippen LogP contribution is 2.41. The molecule has 5 fully saturated rings. The van der Waals surface area contributed by atoms with E-state index in [1.165, 1.54) is 6.07 Å². The summed E-state index contributed by atoms with van der Waals surface area (Å²) >= 11 is 1.08. The summed E-state index contributed by atoms with van der Waals surface area (Å²) in [5.74, 6) is 0.137. The van der Waals surface area contributed by atoms with Gasteiger partial charge >= 0.3 is 6.01 Å². The third kappa shape index (κ3) is 4.43. The summed E-state index contributed by atoms with van der Waals surface area (Å²) in [7, 11) is 0. The van der Waals surface area contributed by atoms with Crippen molar-refractivity contribution in [3.8, 4) is 17.3 Å². The highest BCUT2D eigenvalue weighted by molar-refractivity contribution is 7.22. The Labute approximate surface area is 261 Å². The summed E-state index contributed by atoms with van der Waals surface area (Å²) in [4.78, 5) is 33.2. The molecule has 5 saturated heterocycles. The number of hydrogen-bond donors (Lipinski definition) is 2. The van der Waals surface area contributed by atoms with E-state index in [1.807, 2.05) is 6.07 Å². The Morgan fingerprint density at radius 1 is 1.16 bits per heavy atom. The maximum Gasteiger partial charge on any atom is 0.319 e. The van der Waals surface area contributed by atoms with Gasteiger partial charge in [0.2, 0.25) is 0 Å². The summed E-state index contributed by atoms with van der Waals surface area (Å²) in [6.45, 7) is 3.76. The van der Waals surface area contributed by atoms with Gasteiger partial charge in [-0.05, 0) is 50.4 Å². The standard InChI is InChI=1S/C31H34F2N8O3S/c32-16-9-31(6-1-7-40(31)10-16)15-44-30-36-22-8-23(20-4-5-21(33)26-25(20)37-29(34)45-26)41(19-13-43-14-19)28(42)24(22)27(38-30)39-11-17-2-3-18(12-39)35-17/h4-5,8,16-19,35H,1-3,6-7,9-15H2,(H2,34,37)/t16-,17?,18?,31+/m1/s1. The number of anilines is 2. The topological polar surface area (TPSA) is 124 Å². The quantitative estimate of drug-likeness (QED) is 0.326. The van der Waals surface area contributed by atoms with Crippen molar-refractivity contribution < 1.29 is 18.3 Å². The molecule has 3 N–H and O–H groups in total. The molecule has 2 bridgehead atoms. The van der Waals surface area contributed by atoms with Gasteiger partial charge in [-0.3, -0.25) is 14.3 Å². The van der Waals surface area contributed by atoms with Crippen LogP contribution in [0.25, 0.3) is 32.4 Å². The zero-order chi connectivity index (χ0) is 30.4. The number of aromatic nitrogens is 4.